The number of hydrogen-bond donors (Lipinski definition) is 2. The lowest BCUT2D eigenvalue weighted by molar-refractivity contribution is -0.119. The number of amides is 2. The maximum Gasteiger partial charge on any atom is 0.410 e. The summed E-state index contributed by atoms with van der Waals surface area (Å²) in [4.78, 5) is 23.8. The molecule has 0 aromatic heterocycles. The van der Waals surface area contributed by atoms with Crippen LogP contribution in [0.4, 0.5) is 4.79 Å². The monoisotopic (exact) mass is 215 g/mol. The van der Waals surface area contributed by atoms with E-state index in [2.05, 4.69) is 5.32 Å². The molecule has 0 radical (unpaired) electrons. The van der Waals surface area contributed by atoms with Crippen LogP contribution in [0.25, 0.3) is 0 Å². The van der Waals surface area contributed by atoms with Gasteiger partial charge < -0.3 is 15.8 Å². The highest BCUT2D eigenvalue weighted by Gasteiger charge is 2.28. The van der Waals surface area contributed by atoms with Crippen LogP contribution in [-0.2, 0) is 9.53 Å². The van der Waals surface area contributed by atoms with Crippen molar-refractivity contribution >= 4 is 12.0 Å². The number of nitrogens with one attached hydrogen (secondary N) is 1. The van der Waals surface area contributed by atoms with Crippen LogP contribution in [0, 0.1) is 0 Å². The molecule has 0 aliphatic carbocycles. The molecule has 3 N–H and O–H groups in total. The molecule has 15 heavy (non-hydrogen) atoms. The first-order valence-corrected chi connectivity index (χ1v) is 5.07. The van der Waals surface area contributed by atoms with Crippen molar-refractivity contribution in [2.24, 2.45) is 5.73 Å². The van der Waals surface area contributed by atoms with Crippen LogP contribution < -0.4 is 11.1 Å². The fraction of sp³-hybridized carbons (Fsp3) is 0.778. The van der Waals surface area contributed by atoms with Gasteiger partial charge in [0.05, 0.1) is 6.61 Å². The molecular formula is C9H17N3O3. The Morgan fingerprint density at radius 1 is 1.60 bits per heavy atom. The van der Waals surface area contributed by atoms with E-state index < -0.39 is 12.0 Å². The largest absolute Gasteiger partial charge is 0.450 e. The molecule has 6 heteroatoms. The van der Waals surface area contributed by atoms with Crippen LogP contribution in [0.1, 0.15) is 13.3 Å². The van der Waals surface area contributed by atoms with Gasteiger partial charge in [0.1, 0.15) is 6.54 Å². The number of primary amides is 1. The summed E-state index contributed by atoms with van der Waals surface area (Å²) >= 11 is 0. The Kier molecular flexibility index (Phi) is 4.36. The van der Waals surface area contributed by atoms with E-state index in [-0.39, 0.29) is 12.6 Å². The van der Waals surface area contributed by atoms with E-state index in [1.54, 1.807) is 6.92 Å². The molecule has 1 atom stereocenters. The molecule has 2 amide bonds. The molecule has 0 saturated carbocycles. The number of rotatable bonds is 4. The Morgan fingerprint density at radius 3 is 2.80 bits per heavy atom. The third-order valence-electron chi connectivity index (χ3n) is 2.30. The number of carbonyl (C=O) groups excluding carboxylic acids is 2. The Hall–Kier alpha value is -1.30. The number of nitrogens with two attached hydrogens (primary N) is 1. The third kappa shape index (κ3) is 3.39. The van der Waals surface area contributed by atoms with Gasteiger partial charge in [-0.2, -0.15) is 0 Å². The molecule has 1 rings (SSSR count). The first kappa shape index (κ1) is 11.8. The van der Waals surface area contributed by atoms with Gasteiger partial charge in [0, 0.05) is 12.6 Å². The van der Waals surface area contributed by atoms with E-state index in [9.17, 15) is 9.59 Å². The normalized spacial score (nSPS) is 19.9. The van der Waals surface area contributed by atoms with Gasteiger partial charge in [-0.1, -0.05) is 0 Å². The second-order valence-electron chi connectivity index (χ2n) is 3.44. The molecule has 1 fully saturated rings. The van der Waals surface area contributed by atoms with E-state index in [4.69, 9.17) is 10.5 Å². The minimum Gasteiger partial charge on any atom is -0.450 e. The summed E-state index contributed by atoms with van der Waals surface area (Å²) in [5, 5.41) is 3.12. The van der Waals surface area contributed by atoms with Gasteiger partial charge in [-0.15, -0.1) is 0 Å². The van der Waals surface area contributed by atoms with Gasteiger partial charge in [0.2, 0.25) is 5.91 Å². The zero-order chi connectivity index (χ0) is 11.3. The molecule has 0 spiro atoms. The van der Waals surface area contributed by atoms with Crippen molar-refractivity contribution in [1.82, 2.24) is 10.2 Å². The van der Waals surface area contributed by atoms with Crippen molar-refractivity contribution in [3.05, 3.63) is 0 Å². The highest BCUT2D eigenvalue weighted by Crippen LogP contribution is 2.09. The topological polar surface area (TPSA) is 84.7 Å². The molecule has 1 aliphatic heterocycles. The fourth-order valence-electron chi connectivity index (χ4n) is 1.62. The zero-order valence-electron chi connectivity index (χ0n) is 8.86. The van der Waals surface area contributed by atoms with Crippen molar-refractivity contribution in [2.45, 2.75) is 19.4 Å². The van der Waals surface area contributed by atoms with Crippen molar-refractivity contribution in [2.75, 3.05) is 26.2 Å². The number of carbonyl (C=O) groups is 2. The van der Waals surface area contributed by atoms with Crippen molar-refractivity contribution in [3.63, 3.8) is 0 Å². The van der Waals surface area contributed by atoms with Crippen LogP contribution in [0.2, 0.25) is 0 Å². The predicted molar refractivity (Wildman–Crippen MR) is 54.2 cm³/mol. The van der Waals surface area contributed by atoms with Crippen LogP contribution in [0.5, 0.6) is 0 Å². The van der Waals surface area contributed by atoms with Crippen LogP contribution in [0.15, 0.2) is 0 Å². The summed E-state index contributed by atoms with van der Waals surface area (Å²) in [7, 11) is 0. The van der Waals surface area contributed by atoms with Crippen LogP contribution >= 0.6 is 0 Å². The third-order valence-corrected chi connectivity index (χ3v) is 2.30. The molecule has 0 aromatic rings. The molecule has 1 heterocycles. The maximum atomic E-state index is 11.5. The number of ether oxygens (including phenoxy) is 1. The minimum absolute atomic E-state index is 0.0107. The summed E-state index contributed by atoms with van der Waals surface area (Å²) in [5.41, 5.74) is 5.09. The average molecular weight is 215 g/mol. The lowest BCUT2D eigenvalue weighted by atomic mass is 10.2. The predicted octanol–water partition coefficient (Wildman–Crippen LogP) is -0.708. The van der Waals surface area contributed by atoms with Crippen molar-refractivity contribution < 1.29 is 14.3 Å². The molecule has 0 bridgehead atoms. The smallest absolute Gasteiger partial charge is 0.410 e. The molecule has 6 nitrogen and oxygen atoms in total. The number of nitrogens with zero attached hydrogens (tertiary/aromatic N) is 1. The second-order valence-corrected chi connectivity index (χ2v) is 3.44. The fourth-order valence-corrected chi connectivity index (χ4v) is 1.62. The van der Waals surface area contributed by atoms with Crippen molar-refractivity contribution in [1.29, 1.82) is 0 Å². The van der Waals surface area contributed by atoms with Crippen LogP contribution in [0.3, 0.4) is 0 Å². The summed E-state index contributed by atoms with van der Waals surface area (Å²) in [6.07, 6.45) is 0.358. The molecule has 1 saturated heterocycles. The summed E-state index contributed by atoms with van der Waals surface area (Å²) in [5.74, 6) is -0.519. The van der Waals surface area contributed by atoms with Gasteiger partial charge in [0.15, 0.2) is 0 Å². The first-order valence-electron chi connectivity index (χ1n) is 5.07. The zero-order valence-corrected chi connectivity index (χ0v) is 8.86. The van der Waals surface area contributed by atoms with E-state index in [1.807, 2.05) is 0 Å². The standard InChI is InChI=1S/C9H17N3O3/c1-2-15-9(14)12(6-8(10)13)7-3-4-11-5-7/h7,11H,2-6H2,1H3,(H2,10,13). The quantitative estimate of drug-likeness (QED) is 0.649. The lowest BCUT2D eigenvalue weighted by Gasteiger charge is -2.26. The van der Waals surface area contributed by atoms with Gasteiger partial charge in [0.25, 0.3) is 0 Å². The highest BCUT2D eigenvalue weighted by atomic mass is 16.6. The molecule has 86 valence electrons. The van der Waals surface area contributed by atoms with E-state index in [1.165, 1.54) is 4.90 Å². The van der Waals surface area contributed by atoms with E-state index >= 15 is 0 Å². The molecular weight excluding hydrogens is 198 g/mol. The second kappa shape index (κ2) is 5.55. The summed E-state index contributed by atoms with van der Waals surface area (Å²) in [6.45, 7) is 3.48. The average Bonchev–Trinajstić information content (AvgIpc) is 2.66. The van der Waals surface area contributed by atoms with Gasteiger partial charge in [-0.05, 0) is 19.9 Å². The Bertz CT molecular complexity index is 239. The number of hydrogen-bond acceptors (Lipinski definition) is 4. The van der Waals surface area contributed by atoms with Crippen molar-refractivity contribution in [3.8, 4) is 0 Å². The maximum absolute atomic E-state index is 11.5. The van der Waals surface area contributed by atoms with Crippen LogP contribution in [-0.4, -0.2) is 49.2 Å². The van der Waals surface area contributed by atoms with Gasteiger partial charge in [-0.3, -0.25) is 9.69 Å². The lowest BCUT2D eigenvalue weighted by Crippen LogP contribution is -2.46. The van der Waals surface area contributed by atoms with E-state index in [0.29, 0.717) is 13.2 Å². The van der Waals surface area contributed by atoms with Gasteiger partial charge in [-0.25, -0.2) is 4.79 Å². The Labute approximate surface area is 88.7 Å². The summed E-state index contributed by atoms with van der Waals surface area (Å²) < 4.78 is 4.87. The molecule has 1 aliphatic rings. The molecule has 1 unspecified atom stereocenters. The minimum atomic E-state index is -0.519. The first-order chi connectivity index (χ1) is 7.15. The SMILES string of the molecule is CCOC(=O)N(CC(N)=O)C1CCNC1. The Balaban J connectivity index is 2.58. The van der Waals surface area contributed by atoms with Gasteiger partial charge >= 0.3 is 6.09 Å². The van der Waals surface area contributed by atoms with E-state index in [0.717, 1.165) is 13.0 Å². The molecule has 0 aromatic carbocycles. The summed E-state index contributed by atoms with van der Waals surface area (Å²) in [6, 6.07) is 0.0107. The highest BCUT2D eigenvalue weighted by molar-refractivity contribution is 5.81. The Morgan fingerprint density at radius 2 is 2.33 bits per heavy atom.